The van der Waals surface area contributed by atoms with Gasteiger partial charge in [-0.1, -0.05) is 6.92 Å². The topological polar surface area (TPSA) is 92.4 Å². The molecule has 0 aromatic heterocycles. The fourth-order valence-electron chi connectivity index (χ4n) is 1.59. The molecule has 0 fully saturated rings. The van der Waals surface area contributed by atoms with Gasteiger partial charge in [0.2, 0.25) is 10.0 Å². The number of hydrogen-bond donors (Lipinski definition) is 3. The minimum Gasteiger partial charge on any atom is -0.398 e. The fourth-order valence-corrected chi connectivity index (χ4v) is 3.07. The van der Waals surface area contributed by atoms with E-state index in [1.807, 2.05) is 13.8 Å². The molecule has 4 N–H and O–H groups in total. The van der Waals surface area contributed by atoms with E-state index in [1.165, 1.54) is 6.07 Å². The molecule has 0 saturated carbocycles. The van der Waals surface area contributed by atoms with Gasteiger partial charge < -0.3 is 10.8 Å². The van der Waals surface area contributed by atoms with E-state index in [2.05, 4.69) is 4.72 Å². The maximum atomic E-state index is 12.2. The van der Waals surface area contributed by atoms with Crippen molar-refractivity contribution in [2.45, 2.75) is 38.6 Å². The average molecular weight is 286 g/mol. The molecule has 0 heterocycles. The highest BCUT2D eigenvalue weighted by molar-refractivity contribution is 7.89. The molecule has 0 saturated heterocycles. The molecule has 108 valence electrons. The summed E-state index contributed by atoms with van der Waals surface area (Å²) in [6.07, 6.45) is 0. The van der Waals surface area contributed by atoms with Gasteiger partial charge in [0.15, 0.2) is 0 Å². The van der Waals surface area contributed by atoms with Crippen LogP contribution in [0.1, 0.15) is 25.0 Å². The maximum absolute atomic E-state index is 12.2. The molecule has 0 aliphatic rings. The van der Waals surface area contributed by atoms with Gasteiger partial charge in [0.25, 0.3) is 0 Å². The Morgan fingerprint density at radius 1 is 1.32 bits per heavy atom. The molecule has 0 radical (unpaired) electrons. The Bertz CT molecular complexity index is 532. The van der Waals surface area contributed by atoms with Gasteiger partial charge in [-0.15, -0.1) is 0 Å². The van der Waals surface area contributed by atoms with Gasteiger partial charge in [-0.3, -0.25) is 0 Å². The van der Waals surface area contributed by atoms with Crippen LogP contribution in [0.5, 0.6) is 0 Å². The summed E-state index contributed by atoms with van der Waals surface area (Å²) in [5, 5.41) is 9.04. The van der Waals surface area contributed by atoms with E-state index in [1.54, 1.807) is 19.9 Å². The molecule has 2 unspecified atom stereocenters. The van der Waals surface area contributed by atoms with Gasteiger partial charge in [-0.05, 0) is 49.9 Å². The molecule has 1 rings (SSSR count). The van der Waals surface area contributed by atoms with E-state index in [-0.39, 0.29) is 23.5 Å². The smallest absolute Gasteiger partial charge is 0.240 e. The first-order chi connectivity index (χ1) is 8.69. The van der Waals surface area contributed by atoms with Gasteiger partial charge >= 0.3 is 0 Å². The molecule has 0 bridgehead atoms. The van der Waals surface area contributed by atoms with Gasteiger partial charge in [0.1, 0.15) is 0 Å². The number of nitrogen functional groups attached to an aromatic ring is 1. The van der Waals surface area contributed by atoms with Crippen molar-refractivity contribution in [1.82, 2.24) is 4.72 Å². The highest BCUT2D eigenvalue weighted by atomic mass is 32.2. The molecule has 1 aromatic carbocycles. The molecule has 19 heavy (non-hydrogen) atoms. The van der Waals surface area contributed by atoms with E-state index in [0.29, 0.717) is 5.69 Å². The van der Waals surface area contributed by atoms with Crippen LogP contribution in [0.25, 0.3) is 0 Å². The summed E-state index contributed by atoms with van der Waals surface area (Å²) in [6, 6.07) is 2.71. The SMILES string of the molecule is Cc1cc(S(=O)(=O)NC(C)C(C)CO)cc(N)c1C. The lowest BCUT2D eigenvalue weighted by molar-refractivity contribution is 0.216. The maximum Gasteiger partial charge on any atom is 0.240 e. The number of sulfonamides is 1. The standard InChI is InChI=1S/C13H22N2O3S/c1-8-5-12(6-13(14)10(8)3)19(17,18)15-11(4)9(2)7-16/h5-6,9,11,15-16H,7,14H2,1-4H3. The Morgan fingerprint density at radius 3 is 2.37 bits per heavy atom. The van der Waals surface area contributed by atoms with Crippen molar-refractivity contribution in [3.63, 3.8) is 0 Å². The van der Waals surface area contributed by atoms with Crippen molar-refractivity contribution in [1.29, 1.82) is 0 Å². The summed E-state index contributed by atoms with van der Waals surface area (Å²) in [5.74, 6) is -0.154. The van der Waals surface area contributed by atoms with Crippen LogP contribution in [-0.4, -0.2) is 26.2 Å². The summed E-state index contributed by atoms with van der Waals surface area (Å²) in [4.78, 5) is 0.157. The van der Waals surface area contributed by atoms with Crippen LogP contribution in [0.4, 0.5) is 5.69 Å². The van der Waals surface area contributed by atoms with E-state index < -0.39 is 10.0 Å². The second-order valence-corrected chi connectivity index (χ2v) is 6.74. The zero-order chi connectivity index (χ0) is 14.8. The third-order valence-electron chi connectivity index (χ3n) is 3.47. The Kier molecular flexibility index (Phi) is 4.95. The van der Waals surface area contributed by atoms with Gasteiger partial charge in [0.05, 0.1) is 4.90 Å². The average Bonchev–Trinajstić information content (AvgIpc) is 2.33. The number of aryl methyl sites for hydroxylation is 1. The molecule has 5 nitrogen and oxygen atoms in total. The van der Waals surface area contributed by atoms with Crippen molar-refractivity contribution in [3.05, 3.63) is 23.3 Å². The lowest BCUT2D eigenvalue weighted by atomic mass is 10.1. The Hall–Kier alpha value is -1.11. The van der Waals surface area contributed by atoms with Crippen molar-refractivity contribution in [2.24, 2.45) is 5.92 Å². The third-order valence-corrected chi connectivity index (χ3v) is 5.01. The molecular weight excluding hydrogens is 264 g/mol. The quantitative estimate of drug-likeness (QED) is 0.709. The van der Waals surface area contributed by atoms with E-state index >= 15 is 0 Å². The normalized spacial score (nSPS) is 15.2. The van der Waals surface area contributed by atoms with E-state index in [4.69, 9.17) is 10.8 Å². The highest BCUT2D eigenvalue weighted by Crippen LogP contribution is 2.22. The second-order valence-electron chi connectivity index (χ2n) is 5.02. The number of nitrogens with one attached hydrogen (secondary N) is 1. The number of hydrogen-bond acceptors (Lipinski definition) is 4. The lowest BCUT2D eigenvalue weighted by Crippen LogP contribution is -2.38. The zero-order valence-electron chi connectivity index (χ0n) is 11.8. The van der Waals surface area contributed by atoms with Crippen molar-refractivity contribution >= 4 is 15.7 Å². The zero-order valence-corrected chi connectivity index (χ0v) is 12.6. The molecule has 1 aromatic rings. The summed E-state index contributed by atoms with van der Waals surface area (Å²) in [6.45, 7) is 7.11. The number of anilines is 1. The van der Waals surface area contributed by atoms with Gasteiger partial charge in [-0.25, -0.2) is 13.1 Å². The predicted molar refractivity (Wildman–Crippen MR) is 76.4 cm³/mol. The van der Waals surface area contributed by atoms with Crippen molar-refractivity contribution in [3.8, 4) is 0 Å². The number of benzene rings is 1. The molecular formula is C13H22N2O3S. The van der Waals surface area contributed by atoms with Crippen LogP contribution in [0.2, 0.25) is 0 Å². The summed E-state index contributed by atoms with van der Waals surface area (Å²) >= 11 is 0. The number of nitrogens with two attached hydrogens (primary N) is 1. The number of aliphatic hydroxyl groups is 1. The summed E-state index contributed by atoms with van der Waals surface area (Å²) < 4.78 is 27.0. The predicted octanol–water partition coefficient (Wildman–Crippen LogP) is 1.18. The molecule has 0 aliphatic heterocycles. The molecule has 0 aliphatic carbocycles. The minimum atomic E-state index is -3.62. The fraction of sp³-hybridized carbons (Fsp3) is 0.538. The van der Waals surface area contributed by atoms with E-state index in [0.717, 1.165) is 11.1 Å². The monoisotopic (exact) mass is 286 g/mol. The summed E-state index contributed by atoms with van der Waals surface area (Å²) in [5.41, 5.74) is 7.99. The highest BCUT2D eigenvalue weighted by Gasteiger charge is 2.21. The number of aliphatic hydroxyl groups excluding tert-OH is 1. The third kappa shape index (κ3) is 3.68. The molecule has 0 amide bonds. The van der Waals surface area contributed by atoms with E-state index in [9.17, 15) is 8.42 Å². The van der Waals surface area contributed by atoms with Crippen LogP contribution in [0, 0.1) is 19.8 Å². The Morgan fingerprint density at radius 2 is 1.89 bits per heavy atom. The van der Waals surface area contributed by atoms with Crippen LogP contribution in [0.15, 0.2) is 17.0 Å². The van der Waals surface area contributed by atoms with Crippen LogP contribution >= 0.6 is 0 Å². The minimum absolute atomic E-state index is 0.0707. The largest absolute Gasteiger partial charge is 0.398 e. The summed E-state index contributed by atoms with van der Waals surface area (Å²) in [7, 11) is -3.62. The first-order valence-electron chi connectivity index (χ1n) is 6.19. The van der Waals surface area contributed by atoms with Crippen LogP contribution < -0.4 is 10.5 Å². The van der Waals surface area contributed by atoms with Gasteiger partial charge in [-0.2, -0.15) is 0 Å². The van der Waals surface area contributed by atoms with Crippen LogP contribution in [0.3, 0.4) is 0 Å². The number of rotatable bonds is 5. The molecule has 6 heteroatoms. The first kappa shape index (κ1) is 15.9. The van der Waals surface area contributed by atoms with Crippen molar-refractivity contribution < 1.29 is 13.5 Å². The van der Waals surface area contributed by atoms with Gasteiger partial charge in [0, 0.05) is 18.3 Å². The molecule has 2 atom stereocenters. The van der Waals surface area contributed by atoms with Crippen molar-refractivity contribution in [2.75, 3.05) is 12.3 Å². The first-order valence-corrected chi connectivity index (χ1v) is 7.67. The molecule has 0 spiro atoms. The Labute approximate surface area is 114 Å². The second kappa shape index (κ2) is 5.90. The Balaban J connectivity index is 3.08. The van der Waals surface area contributed by atoms with Crippen LogP contribution in [-0.2, 0) is 10.0 Å². The lowest BCUT2D eigenvalue weighted by Gasteiger charge is -2.19.